The molecule has 1 fully saturated rings. The van der Waals surface area contributed by atoms with Gasteiger partial charge in [-0.2, -0.15) is 0 Å². The summed E-state index contributed by atoms with van der Waals surface area (Å²) in [4.78, 5) is 14.5. The lowest BCUT2D eigenvalue weighted by Crippen LogP contribution is -2.34. The minimum Gasteiger partial charge on any atom is -0.337 e. The Hall–Kier alpha value is -1.39. The predicted molar refractivity (Wildman–Crippen MR) is 75.2 cm³/mol. The summed E-state index contributed by atoms with van der Waals surface area (Å²) in [7, 11) is 0. The highest BCUT2D eigenvalue weighted by Gasteiger charge is 2.18. The summed E-state index contributed by atoms with van der Waals surface area (Å²) >= 11 is 0. The highest BCUT2D eigenvalue weighted by Crippen LogP contribution is 2.17. The van der Waals surface area contributed by atoms with Crippen LogP contribution in [0.3, 0.4) is 0 Å². The van der Waals surface area contributed by atoms with Gasteiger partial charge in [-0.3, -0.25) is 4.79 Å². The van der Waals surface area contributed by atoms with Crippen LogP contribution in [0.15, 0.2) is 18.2 Å². The van der Waals surface area contributed by atoms with Crippen LogP contribution >= 0.6 is 0 Å². The largest absolute Gasteiger partial charge is 0.337 e. The van der Waals surface area contributed by atoms with Crippen LogP contribution in [0.4, 0.5) is 0 Å². The molecule has 1 saturated heterocycles. The number of nitrogens with zero attached hydrogens (tertiary/aromatic N) is 1. The number of carbonyl (C=O) groups is 1. The molecule has 3 rings (SSSR count). The molecule has 0 radical (unpaired) electrons. The molecule has 2 aliphatic rings. The van der Waals surface area contributed by atoms with Crippen molar-refractivity contribution in [2.75, 3.05) is 32.7 Å². The van der Waals surface area contributed by atoms with Gasteiger partial charge in [-0.05, 0) is 49.2 Å². The molecule has 0 atom stereocenters. The SMILES string of the molecule is O=C(c1ccc2c(c1)CNCC2)N1CCCNCC1. The van der Waals surface area contributed by atoms with Crippen molar-refractivity contribution < 1.29 is 4.79 Å². The number of fused-ring (bicyclic) bond motifs is 1. The maximum Gasteiger partial charge on any atom is 0.253 e. The quantitative estimate of drug-likeness (QED) is 0.783. The molecule has 2 N–H and O–H groups in total. The Balaban J connectivity index is 1.78. The first-order valence-electron chi connectivity index (χ1n) is 7.17. The summed E-state index contributed by atoms with van der Waals surface area (Å²) in [5, 5.41) is 6.69. The molecule has 0 aromatic heterocycles. The van der Waals surface area contributed by atoms with Crippen molar-refractivity contribution in [3.05, 3.63) is 34.9 Å². The second-order valence-corrected chi connectivity index (χ2v) is 5.31. The van der Waals surface area contributed by atoms with E-state index in [0.717, 1.165) is 57.7 Å². The van der Waals surface area contributed by atoms with Gasteiger partial charge >= 0.3 is 0 Å². The van der Waals surface area contributed by atoms with Crippen LogP contribution in [0, 0.1) is 0 Å². The van der Waals surface area contributed by atoms with Gasteiger partial charge in [-0.25, -0.2) is 0 Å². The zero-order chi connectivity index (χ0) is 13.1. The van der Waals surface area contributed by atoms with Crippen LogP contribution in [0.5, 0.6) is 0 Å². The average molecular weight is 259 g/mol. The van der Waals surface area contributed by atoms with Crippen molar-refractivity contribution in [2.24, 2.45) is 0 Å². The van der Waals surface area contributed by atoms with Gasteiger partial charge < -0.3 is 15.5 Å². The van der Waals surface area contributed by atoms with Gasteiger partial charge in [0.1, 0.15) is 0 Å². The third-order valence-electron chi connectivity index (χ3n) is 3.97. The third kappa shape index (κ3) is 2.80. The van der Waals surface area contributed by atoms with Crippen LogP contribution < -0.4 is 10.6 Å². The molecular weight excluding hydrogens is 238 g/mol. The van der Waals surface area contributed by atoms with E-state index in [9.17, 15) is 4.79 Å². The van der Waals surface area contributed by atoms with E-state index in [1.165, 1.54) is 11.1 Å². The van der Waals surface area contributed by atoms with E-state index < -0.39 is 0 Å². The van der Waals surface area contributed by atoms with Crippen LogP contribution in [0.25, 0.3) is 0 Å². The predicted octanol–water partition coefficient (Wildman–Crippen LogP) is 0.768. The molecule has 1 aromatic carbocycles. The van der Waals surface area contributed by atoms with Crippen molar-refractivity contribution in [1.29, 1.82) is 0 Å². The number of rotatable bonds is 1. The standard InChI is InChI=1S/C15H21N3O/c19-15(18-8-1-5-16-7-9-18)13-3-2-12-4-6-17-11-14(12)10-13/h2-3,10,16-17H,1,4-9,11H2. The van der Waals surface area contributed by atoms with Crippen LogP contribution in [-0.2, 0) is 13.0 Å². The zero-order valence-electron chi connectivity index (χ0n) is 11.2. The number of hydrogen-bond acceptors (Lipinski definition) is 3. The molecule has 2 aliphatic heterocycles. The Morgan fingerprint density at radius 3 is 2.95 bits per heavy atom. The Bertz CT molecular complexity index is 464. The van der Waals surface area contributed by atoms with Crippen molar-refractivity contribution in [2.45, 2.75) is 19.4 Å². The summed E-state index contributed by atoms with van der Waals surface area (Å²) < 4.78 is 0. The molecule has 0 spiro atoms. The Morgan fingerprint density at radius 2 is 2.00 bits per heavy atom. The van der Waals surface area contributed by atoms with E-state index in [4.69, 9.17) is 0 Å². The lowest BCUT2D eigenvalue weighted by Gasteiger charge is -2.22. The van der Waals surface area contributed by atoms with Gasteiger partial charge in [-0.15, -0.1) is 0 Å². The Morgan fingerprint density at radius 1 is 1.05 bits per heavy atom. The smallest absolute Gasteiger partial charge is 0.253 e. The van der Waals surface area contributed by atoms with E-state index in [1.54, 1.807) is 0 Å². The first-order valence-corrected chi connectivity index (χ1v) is 7.17. The number of amides is 1. The van der Waals surface area contributed by atoms with E-state index in [1.807, 2.05) is 11.0 Å². The van der Waals surface area contributed by atoms with Crippen molar-refractivity contribution in [1.82, 2.24) is 15.5 Å². The van der Waals surface area contributed by atoms with Gasteiger partial charge in [0.25, 0.3) is 5.91 Å². The number of hydrogen-bond donors (Lipinski definition) is 2. The van der Waals surface area contributed by atoms with Gasteiger partial charge in [0.05, 0.1) is 0 Å². The van der Waals surface area contributed by atoms with E-state index in [0.29, 0.717) is 0 Å². The zero-order valence-corrected chi connectivity index (χ0v) is 11.2. The summed E-state index contributed by atoms with van der Waals surface area (Å²) in [6.45, 7) is 5.52. The third-order valence-corrected chi connectivity index (χ3v) is 3.97. The van der Waals surface area contributed by atoms with E-state index >= 15 is 0 Å². The first-order chi connectivity index (χ1) is 9.34. The fraction of sp³-hybridized carbons (Fsp3) is 0.533. The fourth-order valence-corrected chi connectivity index (χ4v) is 2.84. The maximum absolute atomic E-state index is 12.5. The highest BCUT2D eigenvalue weighted by atomic mass is 16.2. The van der Waals surface area contributed by atoms with Gasteiger partial charge in [-0.1, -0.05) is 6.07 Å². The lowest BCUT2D eigenvalue weighted by atomic mass is 9.98. The van der Waals surface area contributed by atoms with Crippen LogP contribution in [0.2, 0.25) is 0 Å². The van der Waals surface area contributed by atoms with Gasteiger partial charge in [0.2, 0.25) is 0 Å². The highest BCUT2D eigenvalue weighted by molar-refractivity contribution is 5.94. The number of benzene rings is 1. The Kier molecular flexibility index (Phi) is 3.80. The van der Waals surface area contributed by atoms with Crippen molar-refractivity contribution in [3.63, 3.8) is 0 Å². The molecule has 0 bridgehead atoms. The number of carbonyl (C=O) groups excluding carboxylic acids is 1. The summed E-state index contributed by atoms with van der Waals surface area (Å²) in [6, 6.07) is 6.19. The fourth-order valence-electron chi connectivity index (χ4n) is 2.84. The Labute approximate surface area is 114 Å². The molecule has 2 heterocycles. The minimum absolute atomic E-state index is 0.178. The van der Waals surface area contributed by atoms with Crippen molar-refractivity contribution >= 4 is 5.91 Å². The first kappa shape index (κ1) is 12.6. The summed E-state index contributed by atoms with van der Waals surface area (Å²) in [5.41, 5.74) is 3.50. The summed E-state index contributed by atoms with van der Waals surface area (Å²) in [6.07, 6.45) is 2.11. The second kappa shape index (κ2) is 5.72. The van der Waals surface area contributed by atoms with Crippen LogP contribution in [-0.4, -0.2) is 43.5 Å². The minimum atomic E-state index is 0.178. The maximum atomic E-state index is 12.5. The van der Waals surface area contributed by atoms with Crippen LogP contribution in [0.1, 0.15) is 27.9 Å². The second-order valence-electron chi connectivity index (χ2n) is 5.31. The van der Waals surface area contributed by atoms with Crippen molar-refractivity contribution in [3.8, 4) is 0 Å². The molecule has 102 valence electrons. The lowest BCUT2D eigenvalue weighted by molar-refractivity contribution is 0.0766. The molecule has 0 unspecified atom stereocenters. The molecule has 1 aromatic rings. The number of nitrogens with one attached hydrogen (secondary N) is 2. The van der Waals surface area contributed by atoms with Gasteiger partial charge in [0.15, 0.2) is 0 Å². The topological polar surface area (TPSA) is 44.4 Å². The van der Waals surface area contributed by atoms with Gasteiger partial charge in [0, 0.05) is 31.7 Å². The summed E-state index contributed by atoms with van der Waals surface area (Å²) in [5.74, 6) is 0.178. The molecule has 0 saturated carbocycles. The average Bonchev–Trinajstić information content (AvgIpc) is 2.75. The van der Waals surface area contributed by atoms with E-state index in [2.05, 4.69) is 22.8 Å². The molecule has 4 heteroatoms. The molecule has 19 heavy (non-hydrogen) atoms. The monoisotopic (exact) mass is 259 g/mol. The van der Waals surface area contributed by atoms with E-state index in [-0.39, 0.29) is 5.91 Å². The molecule has 4 nitrogen and oxygen atoms in total. The molecule has 1 amide bonds. The molecule has 0 aliphatic carbocycles. The molecular formula is C15H21N3O. The normalized spacial score (nSPS) is 19.7.